The van der Waals surface area contributed by atoms with Crippen LogP contribution in [0, 0.1) is 0 Å². The van der Waals surface area contributed by atoms with Crippen molar-refractivity contribution in [1.29, 1.82) is 0 Å². The number of carbonyl (C=O) groups excluding carboxylic acids is 1. The molecule has 4 heteroatoms. The maximum Gasteiger partial charge on any atom is 0.227 e. The second-order valence-electron chi connectivity index (χ2n) is 5.89. The van der Waals surface area contributed by atoms with Crippen molar-refractivity contribution in [2.45, 2.75) is 38.1 Å². The summed E-state index contributed by atoms with van der Waals surface area (Å²) in [4.78, 5) is 14.2. The zero-order valence-corrected chi connectivity index (χ0v) is 12.8. The highest BCUT2D eigenvalue weighted by atomic mass is 35.5. The molecular weight excluding hydrogens is 272 g/mol. The Balaban J connectivity index is 0.00000147. The quantitative estimate of drug-likeness (QED) is 0.928. The van der Waals surface area contributed by atoms with Gasteiger partial charge < -0.3 is 10.2 Å². The van der Waals surface area contributed by atoms with Crippen LogP contribution in [0.4, 0.5) is 0 Å². The zero-order chi connectivity index (χ0) is 13.2. The lowest BCUT2D eigenvalue weighted by Crippen LogP contribution is -2.51. The average Bonchev–Trinajstić information content (AvgIpc) is 3.24. The number of amides is 1. The normalized spacial score (nSPS) is 22.2. The molecule has 2 fully saturated rings. The minimum absolute atomic E-state index is 0. The van der Waals surface area contributed by atoms with Crippen LogP contribution >= 0.6 is 12.4 Å². The second-order valence-corrected chi connectivity index (χ2v) is 5.89. The van der Waals surface area contributed by atoms with Gasteiger partial charge in [-0.1, -0.05) is 24.3 Å². The molecule has 0 radical (unpaired) electrons. The molecule has 1 aromatic rings. The standard InChI is InChI=1S/C16H22N2O.ClH/c1-12-11-18(9-8-17-12)16(19)10-13-2-4-14(5-3-13)15-6-7-15;/h2-5,12,15,17H,6-11H2,1H3;1H. The third-order valence-electron chi connectivity index (χ3n) is 4.11. The SMILES string of the molecule is CC1CN(C(=O)Cc2ccc(C3CC3)cc2)CCN1.Cl. The first kappa shape index (κ1) is 15.3. The molecule has 3 nitrogen and oxygen atoms in total. The maximum atomic E-state index is 12.2. The largest absolute Gasteiger partial charge is 0.340 e. The van der Waals surface area contributed by atoms with Gasteiger partial charge in [-0.15, -0.1) is 12.4 Å². The lowest BCUT2D eigenvalue weighted by Gasteiger charge is -2.32. The van der Waals surface area contributed by atoms with Crippen molar-refractivity contribution in [2.24, 2.45) is 0 Å². The van der Waals surface area contributed by atoms with Gasteiger partial charge in [0.15, 0.2) is 0 Å². The summed E-state index contributed by atoms with van der Waals surface area (Å²) in [7, 11) is 0. The summed E-state index contributed by atoms with van der Waals surface area (Å²) in [6.07, 6.45) is 3.20. The Morgan fingerprint density at radius 1 is 1.30 bits per heavy atom. The Morgan fingerprint density at radius 3 is 2.60 bits per heavy atom. The summed E-state index contributed by atoms with van der Waals surface area (Å²) in [6.45, 7) is 4.71. The fourth-order valence-corrected chi connectivity index (χ4v) is 2.77. The molecule has 1 heterocycles. The van der Waals surface area contributed by atoms with E-state index in [1.54, 1.807) is 0 Å². The predicted octanol–water partition coefficient (Wildman–Crippen LogP) is 2.35. The molecule has 20 heavy (non-hydrogen) atoms. The molecule has 2 aliphatic rings. The molecular formula is C16H23ClN2O. The Kier molecular flexibility index (Phi) is 5.06. The van der Waals surface area contributed by atoms with E-state index < -0.39 is 0 Å². The molecule has 1 N–H and O–H groups in total. The first-order valence-corrected chi connectivity index (χ1v) is 7.32. The highest BCUT2D eigenvalue weighted by molar-refractivity contribution is 5.85. The number of rotatable bonds is 3. The number of hydrogen-bond acceptors (Lipinski definition) is 2. The van der Waals surface area contributed by atoms with Gasteiger partial charge in [-0.2, -0.15) is 0 Å². The van der Waals surface area contributed by atoms with Crippen LogP contribution in [0.3, 0.4) is 0 Å². The van der Waals surface area contributed by atoms with E-state index >= 15 is 0 Å². The minimum atomic E-state index is 0. The van der Waals surface area contributed by atoms with E-state index in [4.69, 9.17) is 0 Å². The van der Waals surface area contributed by atoms with E-state index in [1.807, 2.05) is 4.90 Å². The first-order valence-electron chi connectivity index (χ1n) is 7.32. The molecule has 1 aliphatic heterocycles. The number of carbonyl (C=O) groups is 1. The average molecular weight is 295 g/mol. The van der Waals surface area contributed by atoms with Gasteiger partial charge >= 0.3 is 0 Å². The summed E-state index contributed by atoms with van der Waals surface area (Å²) >= 11 is 0. The number of benzene rings is 1. The summed E-state index contributed by atoms with van der Waals surface area (Å²) < 4.78 is 0. The minimum Gasteiger partial charge on any atom is -0.340 e. The Labute approximate surface area is 127 Å². The molecule has 1 aliphatic carbocycles. The van der Waals surface area contributed by atoms with Gasteiger partial charge in [-0.25, -0.2) is 0 Å². The highest BCUT2D eigenvalue weighted by Gasteiger charge is 2.23. The molecule has 110 valence electrons. The van der Waals surface area contributed by atoms with Crippen LogP contribution in [0.1, 0.15) is 36.8 Å². The van der Waals surface area contributed by atoms with Gasteiger partial charge in [0.05, 0.1) is 6.42 Å². The molecule has 1 unspecified atom stereocenters. The molecule has 1 amide bonds. The first-order chi connectivity index (χ1) is 9.22. The van der Waals surface area contributed by atoms with Crippen molar-refractivity contribution in [2.75, 3.05) is 19.6 Å². The zero-order valence-electron chi connectivity index (χ0n) is 12.0. The van der Waals surface area contributed by atoms with Crippen molar-refractivity contribution in [3.05, 3.63) is 35.4 Å². The fourth-order valence-electron chi connectivity index (χ4n) is 2.77. The van der Waals surface area contributed by atoms with Crippen LogP contribution in [0.25, 0.3) is 0 Å². The van der Waals surface area contributed by atoms with Gasteiger partial charge in [0.25, 0.3) is 0 Å². The lowest BCUT2D eigenvalue weighted by molar-refractivity contribution is -0.131. The molecule has 0 bridgehead atoms. The number of halogens is 1. The van der Waals surface area contributed by atoms with Crippen molar-refractivity contribution < 1.29 is 4.79 Å². The Morgan fingerprint density at radius 2 is 2.00 bits per heavy atom. The molecule has 1 aromatic carbocycles. The van der Waals surface area contributed by atoms with Crippen LogP contribution in [0.5, 0.6) is 0 Å². The van der Waals surface area contributed by atoms with Gasteiger partial charge in [0.2, 0.25) is 5.91 Å². The Hall–Kier alpha value is -1.06. The fraction of sp³-hybridized carbons (Fsp3) is 0.562. The van der Waals surface area contributed by atoms with Crippen molar-refractivity contribution in [3.63, 3.8) is 0 Å². The summed E-state index contributed by atoms with van der Waals surface area (Å²) in [5.74, 6) is 1.05. The number of piperazine rings is 1. The van der Waals surface area contributed by atoms with E-state index in [9.17, 15) is 4.79 Å². The van der Waals surface area contributed by atoms with Crippen LogP contribution in [-0.2, 0) is 11.2 Å². The van der Waals surface area contributed by atoms with Crippen molar-refractivity contribution >= 4 is 18.3 Å². The van der Waals surface area contributed by atoms with Crippen LogP contribution in [0.15, 0.2) is 24.3 Å². The number of hydrogen-bond donors (Lipinski definition) is 1. The lowest BCUT2D eigenvalue weighted by atomic mass is 10.1. The Bertz CT molecular complexity index is 456. The summed E-state index contributed by atoms with van der Waals surface area (Å²) in [5.41, 5.74) is 2.58. The van der Waals surface area contributed by atoms with E-state index in [1.165, 1.54) is 18.4 Å². The highest BCUT2D eigenvalue weighted by Crippen LogP contribution is 2.39. The second kappa shape index (κ2) is 6.59. The smallest absolute Gasteiger partial charge is 0.227 e. The predicted molar refractivity (Wildman–Crippen MR) is 83.4 cm³/mol. The van der Waals surface area contributed by atoms with Gasteiger partial charge in [0.1, 0.15) is 0 Å². The molecule has 0 aromatic heterocycles. The third kappa shape index (κ3) is 3.74. The van der Waals surface area contributed by atoms with Gasteiger partial charge in [0, 0.05) is 25.7 Å². The molecule has 1 atom stereocenters. The number of nitrogens with one attached hydrogen (secondary N) is 1. The molecule has 0 spiro atoms. The van der Waals surface area contributed by atoms with Crippen LogP contribution in [0.2, 0.25) is 0 Å². The van der Waals surface area contributed by atoms with Crippen LogP contribution < -0.4 is 5.32 Å². The maximum absolute atomic E-state index is 12.2. The summed E-state index contributed by atoms with van der Waals surface area (Å²) in [5, 5.41) is 3.36. The molecule has 3 rings (SSSR count). The van der Waals surface area contributed by atoms with Crippen molar-refractivity contribution in [1.82, 2.24) is 10.2 Å². The van der Waals surface area contributed by atoms with E-state index in [2.05, 4.69) is 36.5 Å². The molecule has 1 saturated carbocycles. The van der Waals surface area contributed by atoms with Crippen LogP contribution in [-0.4, -0.2) is 36.5 Å². The summed E-state index contributed by atoms with van der Waals surface area (Å²) in [6, 6.07) is 9.05. The van der Waals surface area contributed by atoms with E-state index in [-0.39, 0.29) is 18.3 Å². The number of nitrogens with zero attached hydrogens (tertiary/aromatic N) is 1. The van der Waals surface area contributed by atoms with E-state index in [0.717, 1.165) is 31.1 Å². The third-order valence-corrected chi connectivity index (χ3v) is 4.11. The monoisotopic (exact) mass is 294 g/mol. The molecule has 1 saturated heterocycles. The topological polar surface area (TPSA) is 32.3 Å². The van der Waals surface area contributed by atoms with Gasteiger partial charge in [-0.05, 0) is 36.8 Å². The van der Waals surface area contributed by atoms with Crippen molar-refractivity contribution in [3.8, 4) is 0 Å². The van der Waals surface area contributed by atoms with E-state index in [0.29, 0.717) is 12.5 Å². The van der Waals surface area contributed by atoms with Gasteiger partial charge in [-0.3, -0.25) is 4.79 Å².